The summed E-state index contributed by atoms with van der Waals surface area (Å²) in [6.45, 7) is 3.78. The molecule has 0 heterocycles. The maximum atomic E-state index is 8.46. The molecule has 0 aromatic heterocycles. The van der Waals surface area contributed by atoms with Crippen LogP contribution in [0.25, 0.3) is 0 Å². The molecule has 0 N–H and O–H groups in total. The second-order valence-corrected chi connectivity index (χ2v) is 2.67. The maximum Gasteiger partial charge on any atom is 0.0665 e. The van der Waals surface area contributed by atoms with Gasteiger partial charge in [0.25, 0.3) is 0 Å². The molecule has 2 atom stereocenters. The van der Waals surface area contributed by atoms with Crippen LogP contribution >= 0.6 is 11.6 Å². The summed E-state index contributed by atoms with van der Waals surface area (Å²) in [5.41, 5.74) is 1.14. The largest absolute Gasteiger partial charge is 0.198 e. The van der Waals surface area contributed by atoms with Crippen LogP contribution in [-0.4, -0.2) is 5.88 Å². The predicted octanol–water partition coefficient (Wildman–Crippen LogP) is 1.94. The molecule has 1 rings (SSSR count). The number of rotatable bonds is 1. The molecule has 1 aliphatic carbocycles. The first-order valence-electron chi connectivity index (χ1n) is 2.93. The monoisotopic (exact) mass is 141 g/mol. The van der Waals surface area contributed by atoms with Crippen molar-refractivity contribution in [2.24, 2.45) is 11.8 Å². The molecule has 0 aromatic carbocycles. The third-order valence-electron chi connectivity index (χ3n) is 1.82. The summed E-state index contributed by atoms with van der Waals surface area (Å²) in [6, 6.07) is 2.19. The smallest absolute Gasteiger partial charge is 0.0665 e. The highest BCUT2D eigenvalue weighted by Crippen LogP contribution is 2.38. The van der Waals surface area contributed by atoms with E-state index in [9.17, 15) is 0 Å². The van der Waals surface area contributed by atoms with E-state index < -0.39 is 0 Å². The van der Waals surface area contributed by atoms with E-state index in [4.69, 9.17) is 16.9 Å². The number of alkyl halides is 1. The Morgan fingerprint density at radius 3 is 2.78 bits per heavy atom. The van der Waals surface area contributed by atoms with Crippen molar-refractivity contribution in [2.45, 2.75) is 6.42 Å². The summed E-state index contributed by atoms with van der Waals surface area (Å²) in [7, 11) is 0. The Labute approximate surface area is 59.9 Å². The van der Waals surface area contributed by atoms with Crippen LogP contribution in [-0.2, 0) is 0 Å². The second-order valence-electron chi connectivity index (χ2n) is 2.36. The Hall–Kier alpha value is -0.480. The van der Waals surface area contributed by atoms with Gasteiger partial charge in [0.1, 0.15) is 0 Å². The molecule has 2 heteroatoms. The van der Waals surface area contributed by atoms with E-state index in [-0.39, 0.29) is 11.8 Å². The first kappa shape index (κ1) is 6.64. The summed E-state index contributed by atoms with van der Waals surface area (Å²) in [5.74, 6) is 0.975. The van der Waals surface area contributed by atoms with Crippen LogP contribution in [0.15, 0.2) is 12.2 Å². The zero-order valence-corrected chi connectivity index (χ0v) is 5.86. The highest BCUT2D eigenvalue weighted by Gasteiger charge is 2.33. The van der Waals surface area contributed by atoms with Gasteiger partial charge in [-0.3, -0.25) is 0 Å². The van der Waals surface area contributed by atoms with Crippen molar-refractivity contribution in [3.05, 3.63) is 12.2 Å². The van der Waals surface area contributed by atoms with Crippen LogP contribution in [0, 0.1) is 23.2 Å². The van der Waals surface area contributed by atoms with Crippen LogP contribution in [0.2, 0.25) is 0 Å². The van der Waals surface area contributed by atoms with Gasteiger partial charge in [-0.1, -0.05) is 12.2 Å². The molecule has 0 amide bonds. The highest BCUT2D eigenvalue weighted by atomic mass is 35.5. The van der Waals surface area contributed by atoms with Crippen molar-refractivity contribution in [1.29, 1.82) is 5.26 Å². The number of nitrogens with zero attached hydrogens (tertiary/aromatic N) is 1. The van der Waals surface area contributed by atoms with Crippen molar-refractivity contribution in [3.8, 4) is 6.07 Å². The van der Waals surface area contributed by atoms with Crippen molar-refractivity contribution in [1.82, 2.24) is 0 Å². The van der Waals surface area contributed by atoms with E-state index in [1.807, 2.05) is 0 Å². The van der Waals surface area contributed by atoms with E-state index in [1.165, 1.54) is 0 Å². The Bertz CT molecular complexity index is 168. The third kappa shape index (κ3) is 0.951. The molecule has 48 valence electrons. The molecule has 0 unspecified atom stereocenters. The molecule has 0 aliphatic heterocycles. The van der Waals surface area contributed by atoms with Crippen LogP contribution in [0.3, 0.4) is 0 Å². The molecule has 0 bridgehead atoms. The van der Waals surface area contributed by atoms with E-state index >= 15 is 0 Å². The average Bonchev–Trinajstić information content (AvgIpc) is 1.83. The van der Waals surface area contributed by atoms with Gasteiger partial charge in [-0.2, -0.15) is 5.26 Å². The van der Waals surface area contributed by atoms with Crippen molar-refractivity contribution in [3.63, 3.8) is 0 Å². The Balaban J connectivity index is 2.50. The summed E-state index contributed by atoms with van der Waals surface area (Å²) in [4.78, 5) is 0. The molecule has 0 radical (unpaired) electrons. The first-order valence-corrected chi connectivity index (χ1v) is 3.46. The van der Waals surface area contributed by atoms with E-state index in [2.05, 4.69) is 12.6 Å². The number of nitriles is 1. The fourth-order valence-electron chi connectivity index (χ4n) is 1.05. The van der Waals surface area contributed by atoms with Gasteiger partial charge in [0.05, 0.1) is 12.0 Å². The third-order valence-corrected chi connectivity index (χ3v) is 2.16. The summed E-state index contributed by atoms with van der Waals surface area (Å²) in [6.07, 6.45) is 0.855. The topological polar surface area (TPSA) is 23.8 Å². The van der Waals surface area contributed by atoms with E-state index in [1.54, 1.807) is 0 Å². The van der Waals surface area contributed by atoms with Gasteiger partial charge in [-0.15, -0.1) is 11.6 Å². The molecule has 1 nitrogen and oxygen atoms in total. The van der Waals surface area contributed by atoms with Gasteiger partial charge in [0.15, 0.2) is 0 Å². The average molecular weight is 142 g/mol. The predicted molar refractivity (Wildman–Crippen MR) is 37.1 cm³/mol. The van der Waals surface area contributed by atoms with Crippen molar-refractivity contribution in [2.75, 3.05) is 5.88 Å². The van der Waals surface area contributed by atoms with Crippen molar-refractivity contribution >= 4 is 11.6 Å². The lowest BCUT2D eigenvalue weighted by Crippen LogP contribution is -2.28. The molecular formula is C7H8ClN. The Morgan fingerprint density at radius 1 is 1.89 bits per heavy atom. The minimum Gasteiger partial charge on any atom is -0.198 e. The molecule has 0 spiro atoms. The summed E-state index contributed by atoms with van der Waals surface area (Å²) in [5, 5.41) is 8.46. The fraction of sp³-hybridized carbons (Fsp3) is 0.571. The molecule has 1 aliphatic rings. The van der Waals surface area contributed by atoms with E-state index in [0.717, 1.165) is 12.0 Å². The zero-order valence-electron chi connectivity index (χ0n) is 5.10. The highest BCUT2D eigenvalue weighted by molar-refractivity contribution is 6.18. The van der Waals surface area contributed by atoms with Crippen LogP contribution in [0.5, 0.6) is 0 Å². The summed E-state index contributed by atoms with van der Waals surface area (Å²) >= 11 is 5.56. The van der Waals surface area contributed by atoms with Gasteiger partial charge >= 0.3 is 0 Å². The SMILES string of the molecule is C=C1C[C@@H](C#N)[C@H]1CCl. The zero-order chi connectivity index (χ0) is 6.85. The van der Waals surface area contributed by atoms with Gasteiger partial charge < -0.3 is 0 Å². The molecule has 0 saturated heterocycles. The van der Waals surface area contributed by atoms with Gasteiger partial charge in [-0.05, 0) is 6.42 Å². The molecule has 9 heavy (non-hydrogen) atoms. The van der Waals surface area contributed by atoms with Crippen LogP contribution in [0.1, 0.15) is 6.42 Å². The van der Waals surface area contributed by atoms with Gasteiger partial charge in [-0.25, -0.2) is 0 Å². The maximum absolute atomic E-state index is 8.46. The van der Waals surface area contributed by atoms with Gasteiger partial charge in [0.2, 0.25) is 0 Å². The lowest BCUT2D eigenvalue weighted by Gasteiger charge is -2.32. The summed E-state index contributed by atoms with van der Waals surface area (Å²) < 4.78 is 0. The normalized spacial score (nSPS) is 33.1. The number of hydrogen-bond acceptors (Lipinski definition) is 1. The van der Waals surface area contributed by atoms with Crippen molar-refractivity contribution < 1.29 is 0 Å². The number of hydrogen-bond donors (Lipinski definition) is 0. The second kappa shape index (κ2) is 2.41. The lowest BCUT2D eigenvalue weighted by molar-refractivity contribution is 0.383. The molecule has 0 aromatic rings. The fourth-order valence-corrected chi connectivity index (χ4v) is 1.49. The molecular weight excluding hydrogens is 134 g/mol. The minimum absolute atomic E-state index is 0.148. The number of allylic oxidation sites excluding steroid dienone is 1. The van der Waals surface area contributed by atoms with Crippen LogP contribution < -0.4 is 0 Å². The molecule has 1 saturated carbocycles. The standard InChI is InChI=1S/C7H8ClN/c1-5-2-6(4-9)7(5)3-8/h6-7H,1-3H2/t6-,7-/m0/s1. The van der Waals surface area contributed by atoms with Gasteiger partial charge in [0, 0.05) is 11.8 Å². The molecule has 1 fully saturated rings. The quantitative estimate of drug-likeness (QED) is 0.405. The first-order chi connectivity index (χ1) is 4.29. The lowest BCUT2D eigenvalue weighted by atomic mass is 9.72. The Kier molecular flexibility index (Phi) is 1.78. The number of halogens is 1. The van der Waals surface area contributed by atoms with Crippen LogP contribution in [0.4, 0.5) is 0 Å². The van der Waals surface area contributed by atoms with E-state index in [0.29, 0.717) is 5.88 Å². The Morgan fingerprint density at radius 2 is 2.56 bits per heavy atom. The minimum atomic E-state index is 0.148.